The molecular formula is C28H27Cl3Ti. The fraction of sp³-hybridized carbons (Fsp3) is 0.214. The zero-order valence-electron chi connectivity index (χ0n) is 18.5. The average molecular weight is 518 g/mol. The summed E-state index contributed by atoms with van der Waals surface area (Å²) in [6, 6.07) is 33.0. The van der Waals surface area contributed by atoms with Crippen molar-refractivity contribution in [3.63, 3.8) is 0 Å². The second kappa shape index (κ2) is 11.2. The molecule has 0 bridgehead atoms. The van der Waals surface area contributed by atoms with Crippen LogP contribution < -0.4 is 37.2 Å². The zero-order valence-corrected chi connectivity index (χ0v) is 22.4. The normalized spacial score (nSPS) is 17.5. The first-order chi connectivity index (χ1) is 13.9. The van der Waals surface area contributed by atoms with E-state index in [-0.39, 0.29) is 51.8 Å². The molecule has 0 heterocycles. The van der Waals surface area contributed by atoms with E-state index in [4.69, 9.17) is 0 Å². The molecule has 0 saturated heterocycles. The maximum atomic E-state index is 2.42. The van der Waals surface area contributed by atoms with E-state index in [1.54, 1.807) is 0 Å². The molecule has 32 heavy (non-hydrogen) atoms. The first kappa shape index (κ1) is 28.8. The van der Waals surface area contributed by atoms with Crippen LogP contribution in [0.4, 0.5) is 0 Å². The van der Waals surface area contributed by atoms with Crippen LogP contribution in [0.15, 0.2) is 109 Å². The van der Waals surface area contributed by atoms with Crippen LogP contribution in [0.1, 0.15) is 37.5 Å². The molecule has 1 aliphatic carbocycles. The summed E-state index contributed by atoms with van der Waals surface area (Å²) in [7, 11) is 0. The average Bonchev–Trinajstić information content (AvgIpc) is 3.12. The van der Waals surface area contributed by atoms with Gasteiger partial charge in [-0.1, -0.05) is 0 Å². The van der Waals surface area contributed by atoms with Crippen molar-refractivity contribution in [1.82, 2.24) is 0 Å². The van der Waals surface area contributed by atoms with Gasteiger partial charge in [0.05, 0.1) is 0 Å². The van der Waals surface area contributed by atoms with Gasteiger partial charge < -0.3 is 37.2 Å². The molecule has 0 fully saturated rings. The van der Waals surface area contributed by atoms with Crippen LogP contribution in [-0.4, -0.2) is 0 Å². The minimum Gasteiger partial charge on any atom is -1.00 e. The van der Waals surface area contributed by atoms with Gasteiger partial charge in [0.2, 0.25) is 0 Å². The number of allylic oxidation sites excluding steroid dienone is 4. The van der Waals surface area contributed by atoms with Gasteiger partial charge >= 0.3 is 187 Å². The minimum atomic E-state index is -0.239. The quantitative estimate of drug-likeness (QED) is 0.366. The number of hydrogen-bond acceptors (Lipinski definition) is 0. The third kappa shape index (κ3) is 4.54. The molecule has 0 nitrogen and oxygen atoms in total. The van der Waals surface area contributed by atoms with Gasteiger partial charge in [-0.05, 0) is 0 Å². The van der Waals surface area contributed by atoms with Gasteiger partial charge in [-0.3, -0.25) is 0 Å². The summed E-state index contributed by atoms with van der Waals surface area (Å²) in [4.78, 5) is 0. The van der Waals surface area contributed by atoms with Gasteiger partial charge in [0.15, 0.2) is 0 Å². The van der Waals surface area contributed by atoms with Crippen molar-refractivity contribution in [3.8, 4) is 0 Å². The fourth-order valence-corrected chi connectivity index (χ4v) is 6.78. The Labute approximate surface area is 223 Å². The van der Waals surface area contributed by atoms with Crippen molar-refractivity contribution in [2.75, 3.05) is 0 Å². The summed E-state index contributed by atoms with van der Waals surface area (Å²) in [5.41, 5.74) is 5.11. The molecule has 0 aliphatic heterocycles. The van der Waals surface area contributed by atoms with Gasteiger partial charge in [0, 0.05) is 0 Å². The summed E-state index contributed by atoms with van der Waals surface area (Å²) in [6.07, 6.45) is 6.97. The van der Waals surface area contributed by atoms with Crippen LogP contribution in [0, 0.1) is 5.41 Å². The summed E-state index contributed by atoms with van der Waals surface area (Å²) in [5.74, 6) is 0. The monoisotopic (exact) mass is 516 g/mol. The Balaban J connectivity index is 0.00000171. The Bertz CT molecular complexity index is 999. The fourth-order valence-electron chi connectivity index (χ4n) is 5.23. The molecule has 0 N–H and O–H groups in total. The molecule has 0 saturated carbocycles. The van der Waals surface area contributed by atoms with Crippen molar-refractivity contribution in [2.24, 2.45) is 5.41 Å². The number of hydrogen-bond donors (Lipinski definition) is 0. The van der Waals surface area contributed by atoms with Crippen LogP contribution in [0.2, 0.25) is 3.72 Å². The Morgan fingerprint density at radius 2 is 1.03 bits per heavy atom. The summed E-state index contributed by atoms with van der Waals surface area (Å²) < 4.78 is -0.199. The van der Waals surface area contributed by atoms with Crippen molar-refractivity contribution in [2.45, 2.75) is 29.9 Å². The molecule has 4 heteroatoms. The van der Waals surface area contributed by atoms with Crippen molar-refractivity contribution in [1.29, 1.82) is 0 Å². The van der Waals surface area contributed by atoms with Crippen LogP contribution in [-0.2, 0) is 25.9 Å². The van der Waals surface area contributed by atoms with E-state index in [0.717, 1.165) is 0 Å². The molecule has 4 rings (SSSR count). The molecule has 3 aromatic carbocycles. The molecule has 1 aliphatic rings. The molecule has 1 unspecified atom stereocenters. The Morgan fingerprint density at radius 3 is 1.44 bits per heavy atom. The first-order valence-electron chi connectivity index (χ1n) is 10.2. The molecule has 0 amide bonds. The molecule has 0 spiro atoms. The van der Waals surface area contributed by atoms with Crippen LogP contribution in [0.3, 0.4) is 0 Å². The van der Waals surface area contributed by atoms with E-state index in [1.165, 1.54) is 22.3 Å². The van der Waals surface area contributed by atoms with Crippen molar-refractivity contribution >= 4 is 5.57 Å². The first-order valence-corrected chi connectivity index (χ1v) is 11.0. The second-order valence-electron chi connectivity index (χ2n) is 8.85. The number of rotatable bonds is 4. The number of halogens is 3. The van der Waals surface area contributed by atoms with E-state index < -0.39 is 0 Å². The van der Waals surface area contributed by atoms with Crippen LogP contribution in [0.5, 0.6) is 0 Å². The van der Waals surface area contributed by atoms with E-state index in [9.17, 15) is 0 Å². The Kier molecular flexibility index (Phi) is 10.1. The van der Waals surface area contributed by atoms with E-state index in [1.807, 2.05) is 0 Å². The molecule has 0 aromatic heterocycles. The maximum absolute atomic E-state index is 2.42. The van der Waals surface area contributed by atoms with Crippen molar-refractivity contribution in [3.05, 3.63) is 126 Å². The van der Waals surface area contributed by atoms with Crippen LogP contribution >= 0.6 is 0 Å². The summed E-state index contributed by atoms with van der Waals surface area (Å²) in [5, 5.41) is 0. The van der Waals surface area contributed by atoms with Crippen molar-refractivity contribution < 1.29 is 57.7 Å². The maximum Gasteiger partial charge on any atom is -1.00 e. The predicted molar refractivity (Wildman–Crippen MR) is 119 cm³/mol. The molecule has 164 valence electrons. The largest absolute Gasteiger partial charge is 1.00 e. The topological polar surface area (TPSA) is 0 Å². The van der Waals surface area contributed by atoms with E-state index in [2.05, 4.69) is 150 Å². The second-order valence-corrected chi connectivity index (χ2v) is 10.1. The third-order valence-electron chi connectivity index (χ3n) is 6.25. The summed E-state index contributed by atoms with van der Waals surface area (Å²) >= 11 is 2.42. The SMILES string of the molecule is CC(C)(C)C(c1ccccc1)(c1ccccc1)[C]1([Ti+3])C=CC=C1c1ccccc1.[Cl-].[Cl-].[Cl-]. The molecule has 1 atom stereocenters. The van der Waals surface area contributed by atoms with Gasteiger partial charge in [-0.15, -0.1) is 0 Å². The molecule has 3 aromatic rings. The summed E-state index contributed by atoms with van der Waals surface area (Å²) in [6.45, 7) is 7.15. The third-order valence-corrected chi connectivity index (χ3v) is 7.52. The van der Waals surface area contributed by atoms with E-state index >= 15 is 0 Å². The van der Waals surface area contributed by atoms with Crippen LogP contribution in [0.25, 0.3) is 5.57 Å². The standard InChI is InChI=1S/C28H27.3ClH.Ti/c1-27(2,3)28(23-16-9-5-10-17-23,24-18-11-6-12-19-24)26-21-13-20-25(26)22-14-7-4-8-15-22;;;;/h4-21H,1-3H3;3*1H;/q;;;;+3/p-3. The van der Waals surface area contributed by atoms with Gasteiger partial charge in [0.1, 0.15) is 0 Å². The van der Waals surface area contributed by atoms with E-state index in [0.29, 0.717) is 0 Å². The Morgan fingerprint density at radius 1 is 0.625 bits per heavy atom. The Hall–Kier alpha value is -1.28. The number of benzene rings is 3. The zero-order chi connectivity index (χ0) is 20.5. The van der Waals surface area contributed by atoms with Gasteiger partial charge in [0.25, 0.3) is 0 Å². The smallest absolute Gasteiger partial charge is 1.00 e. The van der Waals surface area contributed by atoms with Gasteiger partial charge in [-0.2, -0.15) is 0 Å². The molecular weight excluding hydrogens is 491 g/mol. The predicted octanol–water partition coefficient (Wildman–Crippen LogP) is -1.61. The van der Waals surface area contributed by atoms with Gasteiger partial charge in [-0.25, -0.2) is 0 Å². The molecule has 0 radical (unpaired) electrons. The minimum absolute atomic E-state index is 0.